The molecule has 0 heterocycles. The van der Waals surface area contributed by atoms with Gasteiger partial charge < -0.3 is 11.1 Å². The van der Waals surface area contributed by atoms with Gasteiger partial charge in [0.25, 0.3) is 5.91 Å². The number of carbonyl (C=O) groups is 1. The van der Waals surface area contributed by atoms with E-state index in [1.165, 1.54) is 25.7 Å². The molecule has 0 bridgehead atoms. The second kappa shape index (κ2) is 4.01. The third kappa shape index (κ3) is 2.22. The first-order chi connectivity index (χ1) is 8.59. The Morgan fingerprint density at radius 1 is 1.39 bits per heavy atom. The quantitative estimate of drug-likeness (QED) is 0.799. The molecule has 18 heavy (non-hydrogen) atoms. The van der Waals surface area contributed by atoms with Crippen LogP contribution in [0.1, 0.15) is 41.6 Å². The molecule has 0 spiro atoms. The highest BCUT2D eigenvalue weighted by molar-refractivity contribution is 5.95. The Balaban J connectivity index is 1.64. The van der Waals surface area contributed by atoms with E-state index in [1.54, 1.807) is 6.07 Å². The van der Waals surface area contributed by atoms with Crippen molar-refractivity contribution in [3.05, 3.63) is 29.3 Å². The van der Waals surface area contributed by atoms with Crippen LogP contribution in [0.2, 0.25) is 0 Å². The van der Waals surface area contributed by atoms with E-state index in [0.29, 0.717) is 16.7 Å². The second-order valence-corrected chi connectivity index (χ2v) is 5.95. The zero-order chi connectivity index (χ0) is 12.8. The number of aryl methyl sites for hydroxylation is 1. The van der Waals surface area contributed by atoms with E-state index in [9.17, 15) is 4.79 Å². The first-order valence-electron chi connectivity index (χ1n) is 6.74. The van der Waals surface area contributed by atoms with Gasteiger partial charge in [-0.2, -0.15) is 0 Å². The van der Waals surface area contributed by atoms with Crippen LogP contribution in [0.4, 0.5) is 5.69 Å². The van der Waals surface area contributed by atoms with Crippen molar-refractivity contribution in [1.29, 1.82) is 0 Å². The first kappa shape index (κ1) is 11.6. The minimum Gasteiger partial charge on any atom is -0.399 e. The number of hydrogen-bond acceptors (Lipinski definition) is 2. The Labute approximate surface area is 108 Å². The van der Waals surface area contributed by atoms with Crippen LogP contribution in [0.15, 0.2) is 18.2 Å². The van der Waals surface area contributed by atoms with Crippen molar-refractivity contribution < 1.29 is 4.79 Å². The maximum Gasteiger partial charge on any atom is 0.251 e. The number of carbonyl (C=O) groups excluding carboxylic acids is 1. The minimum absolute atomic E-state index is 0.0114. The van der Waals surface area contributed by atoms with Gasteiger partial charge in [-0.05, 0) is 67.7 Å². The van der Waals surface area contributed by atoms with Gasteiger partial charge in [0, 0.05) is 17.8 Å². The van der Waals surface area contributed by atoms with Crippen molar-refractivity contribution in [2.45, 2.75) is 32.6 Å². The fourth-order valence-electron chi connectivity index (χ4n) is 2.89. The Kier molecular flexibility index (Phi) is 2.58. The normalized spacial score (nSPS) is 20.5. The molecule has 0 saturated heterocycles. The Hall–Kier alpha value is -1.51. The average Bonchev–Trinajstić information content (AvgIpc) is 3.15. The van der Waals surface area contributed by atoms with Gasteiger partial charge in [-0.15, -0.1) is 0 Å². The third-order valence-electron chi connectivity index (χ3n) is 4.30. The smallest absolute Gasteiger partial charge is 0.251 e. The molecule has 3 heteroatoms. The van der Waals surface area contributed by atoms with Crippen LogP contribution < -0.4 is 11.1 Å². The van der Waals surface area contributed by atoms with Gasteiger partial charge in [0.2, 0.25) is 0 Å². The van der Waals surface area contributed by atoms with Crippen LogP contribution in [0.3, 0.4) is 0 Å². The van der Waals surface area contributed by atoms with Gasteiger partial charge in [0.15, 0.2) is 0 Å². The molecular formula is C15H20N2O. The maximum atomic E-state index is 12.1. The molecule has 1 aromatic carbocycles. The van der Waals surface area contributed by atoms with Crippen molar-refractivity contribution in [3.8, 4) is 0 Å². The van der Waals surface area contributed by atoms with Crippen molar-refractivity contribution in [2.24, 2.45) is 11.3 Å². The highest BCUT2D eigenvalue weighted by atomic mass is 16.1. The van der Waals surface area contributed by atoms with Crippen LogP contribution >= 0.6 is 0 Å². The maximum absolute atomic E-state index is 12.1. The number of rotatable bonds is 4. The predicted molar refractivity (Wildman–Crippen MR) is 72.3 cm³/mol. The largest absolute Gasteiger partial charge is 0.399 e. The number of anilines is 1. The molecule has 0 aromatic heterocycles. The molecule has 3 N–H and O–H groups in total. The number of hydrogen-bond donors (Lipinski definition) is 2. The molecule has 2 saturated carbocycles. The summed E-state index contributed by atoms with van der Waals surface area (Å²) in [4.78, 5) is 12.1. The standard InChI is InChI=1S/C15H20N2O/c1-10-6-11(8-13(16)7-10)14(18)17-9-15(4-5-15)12-2-3-12/h6-8,12H,2-5,9,16H2,1H3,(H,17,18). The lowest BCUT2D eigenvalue weighted by molar-refractivity contribution is 0.0942. The molecule has 1 amide bonds. The lowest BCUT2D eigenvalue weighted by Gasteiger charge is -2.15. The summed E-state index contributed by atoms with van der Waals surface area (Å²) in [5.74, 6) is 0.887. The Bertz CT molecular complexity index is 467. The fraction of sp³-hybridized carbons (Fsp3) is 0.533. The minimum atomic E-state index is 0.0114. The van der Waals surface area contributed by atoms with Crippen LogP contribution in [-0.2, 0) is 0 Å². The lowest BCUT2D eigenvalue weighted by Crippen LogP contribution is -2.31. The summed E-state index contributed by atoms with van der Waals surface area (Å²) in [6.07, 6.45) is 5.28. The van der Waals surface area contributed by atoms with Crippen molar-refractivity contribution in [3.63, 3.8) is 0 Å². The zero-order valence-corrected chi connectivity index (χ0v) is 10.8. The van der Waals surface area contributed by atoms with Gasteiger partial charge in [-0.3, -0.25) is 4.79 Å². The number of nitrogens with two attached hydrogens (primary N) is 1. The molecule has 0 unspecified atom stereocenters. The molecule has 96 valence electrons. The summed E-state index contributed by atoms with van der Waals surface area (Å²) >= 11 is 0. The SMILES string of the molecule is Cc1cc(N)cc(C(=O)NCC2(C3CC3)CC2)c1. The molecule has 2 aliphatic rings. The molecule has 1 aromatic rings. The van der Waals surface area contributed by atoms with Crippen molar-refractivity contribution in [1.82, 2.24) is 5.32 Å². The first-order valence-corrected chi connectivity index (χ1v) is 6.74. The summed E-state index contributed by atoms with van der Waals surface area (Å²) in [7, 11) is 0. The molecule has 0 atom stereocenters. The Morgan fingerprint density at radius 2 is 2.11 bits per heavy atom. The Morgan fingerprint density at radius 3 is 2.67 bits per heavy atom. The van der Waals surface area contributed by atoms with Gasteiger partial charge >= 0.3 is 0 Å². The predicted octanol–water partition coefficient (Wildman–Crippen LogP) is 2.50. The number of benzene rings is 1. The summed E-state index contributed by atoms with van der Waals surface area (Å²) in [5.41, 5.74) is 8.59. The number of nitrogens with one attached hydrogen (secondary N) is 1. The van der Waals surface area contributed by atoms with E-state index < -0.39 is 0 Å². The fourth-order valence-corrected chi connectivity index (χ4v) is 2.89. The van der Waals surface area contributed by atoms with E-state index >= 15 is 0 Å². The van der Waals surface area contributed by atoms with E-state index in [4.69, 9.17) is 5.73 Å². The van der Waals surface area contributed by atoms with E-state index in [0.717, 1.165) is 18.0 Å². The van der Waals surface area contributed by atoms with Gasteiger partial charge in [-0.1, -0.05) is 0 Å². The van der Waals surface area contributed by atoms with E-state index in [1.807, 2.05) is 19.1 Å². The summed E-state index contributed by atoms with van der Waals surface area (Å²) in [5, 5.41) is 3.08. The zero-order valence-electron chi connectivity index (χ0n) is 10.8. The van der Waals surface area contributed by atoms with Crippen molar-refractivity contribution >= 4 is 11.6 Å². The lowest BCUT2D eigenvalue weighted by atomic mass is 10.0. The van der Waals surface area contributed by atoms with Gasteiger partial charge in [0.05, 0.1) is 0 Å². The molecular weight excluding hydrogens is 224 g/mol. The topological polar surface area (TPSA) is 55.1 Å². The summed E-state index contributed by atoms with van der Waals surface area (Å²) in [6, 6.07) is 5.52. The molecule has 2 fully saturated rings. The molecule has 3 nitrogen and oxygen atoms in total. The van der Waals surface area contributed by atoms with Crippen LogP contribution in [0.5, 0.6) is 0 Å². The monoisotopic (exact) mass is 244 g/mol. The summed E-state index contributed by atoms with van der Waals surface area (Å²) < 4.78 is 0. The molecule has 2 aliphatic carbocycles. The summed E-state index contributed by atoms with van der Waals surface area (Å²) in [6.45, 7) is 2.80. The third-order valence-corrected chi connectivity index (χ3v) is 4.30. The molecule has 0 aliphatic heterocycles. The highest BCUT2D eigenvalue weighted by Gasteiger charge is 2.53. The number of nitrogen functional groups attached to an aromatic ring is 1. The van der Waals surface area contributed by atoms with Crippen molar-refractivity contribution in [2.75, 3.05) is 12.3 Å². The average molecular weight is 244 g/mol. The second-order valence-electron chi connectivity index (χ2n) is 5.95. The highest BCUT2D eigenvalue weighted by Crippen LogP contribution is 2.60. The molecule has 0 radical (unpaired) electrons. The van der Waals surface area contributed by atoms with Gasteiger partial charge in [-0.25, -0.2) is 0 Å². The number of amides is 1. The van der Waals surface area contributed by atoms with Crippen LogP contribution in [0.25, 0.3) is 0 Å². The van der Waals surface area contributed by atoms with Crippen LogP contribution in [-0.4, -0.2) is 12.5 Å². The van der Waals surface area contributed by atoms with Gasteiger partial charge in [0.1, 0.15) is 0 Å². The van der Waals surface area contributed by atoms with Crippen LogP contribution in [0, 0.1) is 18.3 Å². The van der Waals surface area contributed by atoms with E-state index in [-0.39, 0.29) is 5.91 Å². The molecule has 3 rings (SSSR count). The van der Waals surface area contributed by atoms with E-state index in [2.05, 4.69) is 5.32 Å².